The van der Waals surface area contributed by atoms with Crippen LogP contribution in [0.2, 0.25) is 0 Å². The van der Waals surface area contributed by atoms with Crippen LogP contribution in [0.1, 0.15) is 0 Å². The van der Waals surface area contributed by atoms with E-state index >= 15 is 0 Å². The van der Waals surface area contributed by atoms with Crippen LogP contribution in [0.15, 0.2) is 303 Å². The standard InChI is InChI=1S/C86H50N8/c1-2-24-58(25-3-1)91-73-35-14-10-28-61(73)63-43-41-56(50-78(63)91)81-67-30-8-12-33-71(67)87-85(89-81)93-77-38-18-23-55-47-57(49-70(80(55)77)66-45-40-52-20-5-7-27-60(52)83(66)93)54-42-46-75-69(48-54)62-29-11-15-36-74(62)92(75)84-68-31-9-13-34-72(68)88-86(90-84)94-76-37-17-22-53-21-16-32-64(79(53)76)65-44-39-51-19-4-6-26-59(51)82(65)94/h1-50H. The normalized spacial score (nSPS) is 12.6. The van der Waals surface area contributed by atoms with Crippen LogP contribution in [-0.4, -0.2) is 29.1 Å². The van der Waals surface area contributed by atoms with E-state index in [0.717, 1.165) is 160 Å². The number of hydrogen-bond donors (Lipinski definition) is 0. The van der Waals surface area contributed by atoms with Gasteiger partial charge >= 0.3 is 0 Å². The molecule has 94 heavy (non-hydrogen) atoms. The third-order valence-corrected chi connectivity index (χ3v) is 19.9. The summed E-state index contributed by atoms with van der Waals surface area (Å²) >= 11 is 0. The van der Waals surface area contributed by atoms with Crippen LogP contribution in [-0.2, 0) is 0 Å². The Kier molecular flexibility index (Phi) is 10.5. The summed E-state index contributed by atoms with van der Waals surface area (Å²) in [4.78, 5) is 27.2. The zero-order valence-electron chi connectivity index (χ0n) is 50.4. The highest BCUT2D eigenvalue weighted by Crippen LogP contribution is 2.56. The van der Waals surface area contributed by atoms with E-state index in [-0.39, 0.29) is 0 Å². The van der Waals surface area contributed by atoms with Gasteiger partial charge in [-0.15, -0.1) is 0 Å². The van der Waals surface area contributed by atoms with Crippen molar-refractivity contribution in [1.82, 2.24) is 29.1 Å². The number of rotatable bonds is 6. The first-order chi connectivity index (χ1) is 46.6. The SMILES string of the molecule is c1ccc(-n2c3ccccc3c3ccc(-c4nc(N5c6c(ccc7ccccc67)-c6cc(-c7ccc8c(c7)c7ccccc7n8-c7nc(N8c9c(ccc%10ccccc9%10)-c9cccc%10cccc8c9%10)nc8ccccc78)cc7cccc5c67)nc5ccccc45)cc32)cc1. The molecule has 0 aliphatic carbocycles. The van der Waals surface area contributed by atoms with Gasteiger partial charge in [-0.1, -0.05) is 218 Å². The van der Waals surface area contributed by atoms with Crippen LogP contribution in [0.5, 0.6) is 0 Å². The molecule has 2 aliphatic rings. The largest absolute Gasteiger partial charge is 0.309 e. The second-order valence-corrected chi connectivity index (χ2v) is 24.9. The summed E-state index contributed by atoms with van der Waals surface area (Å²) < 4.78 is 4.74. The molecular weight excluding hydrogens is 1150 g/mol. The summed E-state index contributed by atoms with van der Waals surface area (Å²) in [5.74, 6) is 2.04. The number of benzene rings is 15. The van der Waals surface area contributed by atoms with Gasteiger partial charge in [0, 0.05) is 76.2 Å². The Labute approximate surface area is 538 Å². The van der Waals surface area contributed by atoms with Crippen molar-refractivity contribution in [2.24, 2.45) is 0 Å². The Balaban J connectivity index is 0.745. The van der Waals surface area contributed by atoms with E-state index in [4.69, 9.17) is 19.9 Å². The van der Waals surface area contributed by atoms with Gasteiger partial charge in [0.15, 0.2) is 5.82 Å². The Hall–Kier alpha value is -12.8. The van der Waals surface area contributed by atoms with Gasteiger partial charge in [0.1, 0.15) is 0 Å². The van der Waals surface area contributed by atoms with Crippen molar-refractivity contribution >= 4 is 143 Å². The minimum absolute atomic E-state index is 0.611. The summed E-state index contributed by atoms with van der Waals surface area (Å²) in [6.45, 7) is 0. The van der Waals surface area contributed by atoms with Gasteiger partial charge in [-0.2, -0.15) is 4.98 Å². The third-order valence-electron chi connectivity index (χ3n) is 19.9. The molecule has 2 aliphatic heterocycles. The monoisotopic (exact) mass is 1190 g/mol. The first kappa shape index (κ1) is 51.0. The molecule has 0 saturated heterocycles. The van der Waals surface area contributed by atoms with Crippen LogP contribution < -0.4 is 9.80 Å². The highest BCUT2D eigenvalue weighted by Gasteiger charge is 2.33. The maximum atomic E-state index is 5.79. The fraction of sp³-hybridized carbons (Fsp3) is 0. The molecule has 19 aromatic rings. The minimum atomic E-state index is 0.611. The molecule has 0 bridgehead atoms. The number of anilines is 6. The lowest BCUT2D eigenvalue weighted by Crippen LogP contribution is -2.19. The van der Waals surface area contributed by atoms with E-state index in [1.807, 2.05) is 0 Å². The zero-order chi connectivity index (χ0) is 61.3. The second kappa shape index (κ2) is 19.4. The molecule has 0 unspecified atom stereocenters. The molecule has 0 amide bonds. The minimum Gasteiger partial charge on any atom is -0.309 e. The summed E-state index contributed by atoms with van der Waals surface area (Å²) in [6, 6.07) is 110. The predicted molar refractivity (Wildman–Crippen MR) is 390 cm³/mol. The third kappa shape index (κ3) is 7.21. The molecule has 0 N–H and O–H groups in total. The average molecular weight is 1200 g/mol. The van der Waals surface area contributed by atoms with Crippen molar-refractivity contribution in [3.63, 3.8) is 0 Å². The van der Waals surface area contributed by atoms with E-state index < -0.39 is 0 Å². The fourth-order valence-electron chi connectivity index (χ4n) is 15.8. The van der Waals surface area contributed by atoms with Crippen LogP contribution in [0.3, 0.4) is 0 Å². The van der Waals surface area contributed by atoms with Crippen molar-refractivity contribution in [3.8, 4) is 56.1 Å². The highest BCUT2D eigenvalue weighted by molar-refractivity contribution is 6.22. The van der Waals surface area contributed by atoms with Gasteiger partial charge in [0.25, 0.3) is 0 Å². The molecule has 8 nitrogen and oxygen atoms in total. The molecule has 4 aromatic heterocycles. The van der Waals surface area contributed by atoms with Crippen LogP contribution >= 0.6 is 0 Å². The number of fused-ring (bicyclic) bond motifs is 16. The summed E-state index contributed by atoms with van der Waals surface area (Å²) in [7, 11) is 0. The lowest BCUT2D eigenvalue weighted by atomic mass is 9.86. The van der Waals surface area contributed by atoms with Crippen LogP contribution in [0, 0.1) is 0 Å². The number of aromatic nitrogens is 6. The van der Waals surface area contributed by atoms with Crippen molar-refractivity contribution in [2.75, 3.05) is 9.80 Å². The van der Waals surface area contributed by atoms with Gasteiger partial charge < -0.3 is 4.57 Å². The van der Waals surface area contributed by atoms with E-state index in [2.05, 4.69) is 322 Å². The lowest BCUT2D eigenvalue weighted by Gasteiger charge is -2.33. The van der Waals surface area contributed by atoms with Gasteiger partial charge in [-0.3, -0.25) is 14.4 Å². The van der Waals surface area contributed by atoms with Crippen molar-refractivity contribution in [2.45, 2.75) is 0 Å². The smallest absolute Gasteiger partial charge is 0.237 e. The molecule has 0 atom stereocenters. The number of nitrogens with zero attached hydrogens (tertiary/aromatic N) is 8. The van der Waals surface area contributed by atoms with E-state index in [1.54, 1.807) is 0 Å². The van der Waals surface area contributed by atoms with Gasteiger partial charge in [-0.05, 0) is 129 Å². The van der Waals surface area contributed by atoms with E-state index in [1.165, 1.54) is 27.1 Å². The maximum Gasteiger partial charge on any atom is 0.237 e. The number of para-hydroxylation sites is 5. The first-order valence-electron chi connectivity index (χ1n) is 32.0. The van der Waals surface area contributed by atoms with Crippen LogP contribution in [0.4, 0.5) is 34.6 Å². The van der Waals surface area contributed by atoms with Crippen molar-refractivity contribution in [1.29, 1.82) is 0 Å². The lowest BCUT2D eigenvalue weighted by molar-refractivity contribution is 1.04. The van der Waals surface area contributed by atoms with Crippen molar-refractivity contribution < 1.29 is 0 Å². The Morgan fingerprint density at radius 1 is 0.245 bits per heavy atom. The van der Waals surface area contributed by atoms with E-state index in [0.29, 0.717) is 11.9 Å². The summed E-state index contributed by atoms with van der Waals surface area (Å²) in [5, 5.41) is 15.8. The van der Waals surface area contributed by atoms with Gasteiger partial charge in [0.05, 0.1) is 61.5 Å². The number of hydrogen-bond acceptors (Lipinski definition) is 6. The van der Waals surface area contributed by atoms with Gasteiger partial charge in [-0.25, -0.2) is 15.0 Å². The average Bonchev–Trinajstić information content (AvgIpc) is 0.853. The molecule has 15 aromatic carbocycles. The molecule has 0 saturated carbocycles. The molecule has 21 rings (SSSR count). The van der Waals surface area contributed by atoms with Gasteiger partial charge in [0.2, 0.25) is 11.9 Å². The topological polar surface area (TPSA) is 67.9 Å². The summed E-state index contributed by atoms with van der Waals surface area (Å²) in [5.41, 5.74) is 20.2. The van der Waals surface area contributed by atoms with E-state index in [9.17, 15) is 0 Å². The molecule has 6 heterocycles. The Bertz CT molecular complexity index is 6510. The molecule has 0 spiro atoms. The molecule has 0 fully saturated rings. The van der Waals surface area contributed by atoms with Crippen molar-refractivity contribution in [3.05, 3.63) is 303 Å². The molecule has 8 heteroatoms. The molecule has 0 radical (unpaired) electrons. The highest BCUT2D eigenvalue weighted by atomic mass is 15.3. The first-order valence-corrected chi connectivity index (χ1v) is 32.0. The van der Waals surface area contributed by atoms with Crippen LogP contribution in [0.25, 0.3) is 165 Å². The predicted octanol–water partition coefficient (Wildman–Crippen LogP) is 22.6. The maximum absolute atomic E-state index is 5.79. The molecule has 434 valence electrons. The summed E-state index contributed by atoms with van der Waals surface area (Å²) in [6.07, 6.45) is 0. The fourth-order valence-corrected chi connectivity index (χ4v) is 15.8. The Morgan fingerprint density at radius 3 is 1.49 bits per heavy atom. The second-order valence-electron chi connectivity index (χ2n) is 24.9. The molecular formula is C86H50N8. The zero-order valence-corrected chi connectivity index (χ0v) is 50.4. The Morgan fingerprint density at radius 2 is 0.766 bits per heavy atom. The quantitative estimate of drug-likeness (QED) is 0.165.